The summed E-state index contributed by atoms with van der Waals surface area (Å²) in [6, 6.07) is 10.2. The van der Waals surface area contributed by atoms with Crippen LogP contribution in [0.5, 0.6) is 0 Å². The second-order valence-electron chi connectivity index (χ2n) is 2.31. The minimum absolute atomic E-state index is 0.133. The van der Waals surface area contributed by atoms with Gasteiger partial charge in [0, 0.05) is 0 Å². The van der Waals surface area contributed by atoms with Crippen molar-refractivity contribution in [3.8, 4) is 0 Å². The highest BCUT2D eigenvalue weighted by molar-refractivity contribution is 7.78. The first kappa shape index (κ1) is 8.12. The van der Waals surface area contributed by atoms with Crippen LogP contribution in [0.4, 0.5) is 0 Å². The number of hydrogen-bond acceptors (Lipinski definition) is 2. The number of thiocarbonyl (C=S) groups is 1. The molecule has 1 aromatic rings. The topological polar surface area (TPSA) is 12.4 Å². The molecular formula is C9H9NS. The van der Waals surface area contributed by atoms with Gasteiger partial charge in [-0.3, -0.25) is 0 Å². The van der Waals surface area contributed by atoms with Crippen LogP contribution in [0.3, 0.4) is 0 Å². The predicted molar refractivity (Wildman–Crippen MR) is 49.9 cm³/mol. The predicted octanol–water partition coefficient (Wildman–Crippen LogP) is 2.85. The second kappa shape index (κ2) is 4.02. The maximum atomic E-state index is 4.51. The van der Waals surface area contributed by atoms with Gasteiger partial charge < -0.3 is 0 Å². The Kier molecular flexibility index (Phi) is 2.96. The van der Waals surface area contributed by atoms with E-state index in [-0.39, 0.29) is 6.04 Å². The molecule has 11 heavy (non-hydrogen) atoms. The number of nitrogens with zero attached hydrogens (tertiary/aromatic N) is 1. The molecule has 0 N–H and O–H groups in total. The van der Waals surface area contributed by atoms with Gasteiger partial charge in [0.15, 0.2) is 0 Å². The molecule has 0 unspecified atom stereocenters. The zero-order chi connectivity index (χ0) is 8.10. The van der Waals surface area contributed by atoms with E-state index in [1.54, 1.807) is 0 Å². The number of aliphatic imine (C=N–C) groups is 1. The SMILES string of the molecule is C[C@H](N=C=S)c1ccccc1. The molecule has 0 radical (unpaired) electrons. The van der Waals surface area contributed by atoms with Crippen LogP contribution in [0.25, 0.3) is 0 Å². The zero-order valence-electron chi connectivity index (χ0n) is 6.32. The Hall–Kier alpha value is -0.980. The van der Waals surface area contributed by atoms with Gasteiger partial charge in [-0.1, -0.05) is 30.3 Å². The van der Waals surface area contributed by atoms with Crippen molar-refractivity contribution in [3.05, 3.63) is 35.9 Å². The fraction of sp³-hybridized carbons (Fsp3) is 0.222. The Bertz CT molecular complexity index is 262. The smallest absolute Gasteiger partial charge is 0.0824 e. The number of isothiocyanates is 1. The van der Waals surface area contributed by atoms with Crippen molar-refractivity contribution in [1.29, 1.82) is 0 Å². The molecule has 1 atom stereocenters. The Morgan fingerprint density at radius 2 is 2.00 bits per heavy atom. The standard InChI is InChI=1S/C9H9NS/c1-8(10-7-11)9-5-3-2-4-6-9/h2-6,8H,1H3/t8-/m0/s1. The maximum Gasteiger partial charge on any atom is 0.0824 e. The fourth-order valence-electron chi connectivity index (χ4n) is 0.885. The molecule has 0 saturated heterocycles. The van der Waals surface area contributed by atoms with E-state index < -0.39 is 0 Å². The minimum atomic E-state index is 0.133. The highest BCUT2D eigenvalue weighted by atomic mass is 32.1. The summed E-state index contributed by atoms with van der Waals surface area (Å²) in [6.45, 7) is 1.99. The van der Waals surface area contributed by atoms with Crippen molar-refractivity contribution in [3.63, 3.8) is 0 Å². The summed E-state index contributed by atoms with van der Waals surface area (Å²) in [5.74, 6) is 0. The van der Waals surface area contributed by atoms with Crippen molar-refractivity contribution in [2.45, 2.75) is 13.0 Å². The maximum absolute atomic E-state index is 4.51. The Balaban J connectivity index is 2.84. The van der Waals surface area contributed by atoms with Crippen LogP contribution >= 0.6 is 12.2 Å². The fourth-order valence-corrected chi connectivity index (χ4v) is 1.04. The molecule has 0 aliphatic heterocycles. The molecule has 0 bridgehead atoms. The third-order valence-corrected chi connectivity index (χ3v) is 1.63. The summed E-state index contributed by atoms with van der Waals surface area (Å²) < 4.78 is 0. The largest absolute Gasteiger partial charge is 0.225 e. The van der Waals surface area contributed by atoms with E-state index in [9.17, 15) is 0 Å². The van der Waals surface area contributed by atoms with Crippen molar-refractivity contribution in [2.75, 3.05) is 0 Å². The van der Waals surface area contributed by atoms with Crippen LogP contribution in [-0.4, -0.2) is 5.16 Å². The van der Waals surface area contributed by atoms with Crippen LogP contribution in [0.2, 0.25) is 0 Å². The summed E-state index contributed by atoms with van der Waals surface area (Å²) >= 11 is 4.51. The lowest BCUT2D eigenvalue weighted by Crippen LogP contribution is -1.86. The normalized spacial score (nSPS) is 11.7. The van der Waals surface area contributed by atoms with Crippen molar-refractivity contribution in [1.82, 2.24) is 0 Å². The van der Waals surface area contributed by atoms with Gasteiger partial charge in [0.1, 0.15) is 0 Å². The van der Waals surface area contributed by atoms with Crippen LogP contribution in [0, 0.1) is 0 Å². The van der Waals surface area contributed by atoms with Gasteiger partial charge in [0.05, 0.1) is 11.2 Å². The van der Waals surface area contributed by atoms with Gasteiger partial charge in [-0.05, 0) is 24.7 Å². The van der Waals surface area contributed by atoms with Gasteiger partial charge in [-0.25, -0.2) is 4.99 Å². The summed E-state index contributed by atoms with van der Waals surface area (Å²) in [7, 11) is 0. The zero-order valence-corrected chi connectivity index (χ0v) is 7.14. The number of rotatable bonds is 2. The molecule has 0 heterocycles. The first-order valence-corrected chi connectivity index (χ1v) is 3.87. The molecule has 2 heteroatoms. The van der Waals surface area contributed by atoms with Crippen LogP contribution in [0.15, 0.2) is 35.3 Å². The van der Waals surface area contributed by atoms with Gasteiger partial charge in [0.25, 0.3) is 0 Å². The van der Waals surface area contributed by atoms with E-state index in [0.29, 0.717) is 0 Å². The van der Waals surface area contributed by atoms with Gasteiger partial charge in [-0.15, -0.1) is 0 Å². The summed E-state index contributed by atoms with van der Waals surface area (Å²) in [4.78, 5) is 3.96. The van der Waals surface area contributed by atoms with E-state index in [0.717, 1.165) is 0 Å². The molecule has 0 fully saturated rings. The highest BCUT2D eigenvalue weighted by Crippen LogP contribution is 2.14. The molecule has 0 aromatic heterocycles. The average molecular weight is 163 g/mol. The van der Waals surface area contributed by atoms with E-state index in [1.165, 1.54) is 5.56 Å². The molecule has 0 spiro atoms. The monoisotopic (exact) mass is 163 g/mol. The molecule has 1 nitrogen and oxygen atoms in total. The van der Waals surface area contributed by atoms with Crippen LogP contribution in [-0.2, 0) is 0 Å². The average Bonchev–Trinajstić information content (AvgIpc) is 2.07. The first-order valence-electron chi connectivity index (χ1n) is 3.46. The molecule has 0 aliphatic rings. The Labute approximate surface area is 71.8 Å². The van der Waals surface area contributed by atoms with Crippen molar-refractivity contribution >= 4 is 17.4 Å². The summed E-state index contributed by atoms with van der Waals surface area (Å²) in [5.41, 5.74) is 1.17. The highest BCUT2D eigenvalue weighted by Gasteiger charge is 1.98. The van der Waals surface area contributed by atoms with Crippen molar-refractivity contribution < 1.29 is 0 Å². The summed E-state index contributed by atoms with van der Waals surface area (Å²) in [5, 5.41) is 2.37. The molecule has 1 aromatic carbocycles. The lowest BCUT2D eigenvalue weighted by molar-refractivity contribution is 0.828. The number of hydrogen-bond donors (Lipinski definition) is 0. The molecule has 0 saturated carbocycles. The molecular weight excluding hydrogens is 154 g/mol. The first-order chi connectivity index (χ1) is 5.34. The van der Waals surface area contributed by atoms with Gasteiger partial charge in [-0.2, -0.15) is 0 Å². The molecule has 0 amide bonds. The number of benzene rings is 1. The quantitative estimate of drug-likeness (QED) is 0.482. The van der Waals surface area contributed by atoms with Crippen LogP contribution < -0.4 is 0 Å². The molecule has 56 valence electrons. The minimum Gasteiger partial charge on any atom is -0.225 e. The molecule has 0 aliphatic carbocycles. The van der Waals surface area contributed by atoms with E-state index >= 15 is 0 Å². The lowest BCUT2D eigenvalue weighted by Gasteiger charge is -2.02. The summed E-state index contributed by atoms with van der Waals surface area (Å²) in [6.07, 6.45) is 0. The van der Waals surface area contributed by atoms with Gasteiger partial charge >= 0.3 is 0 Å². The van der Waals surface area contributed by atoms with E-state index in [1.807, 2.05) is 37.3 Å². The van der Waals surface area contributed by atoms with E-state index in [4.69, 9.17) is 0 Å². The third kappa shape index (κ3) is 2.26. The van der Waals surface area contributed by atoms with E-state index in [2.05, 4.69) is 22.4 Å². The molecule has 1 rings (SSSR count). The third-order valence-electron chi connectivity index (χ3n) is 1.53. The van der Waals surface area contributed by atoms with Gasteiger partial charge in [0.2, 0.25) is 0 Å². The lowest BCUT2D eigenvalue weighted by atomic mass is 10.1. The van der Waals surface area contributed by atoms with Crippen LogP contribution in [0.1, 0.15) is 18.5 Å². The Morgan fingerprint density at radius 1 is 1.36 bits per heavy atom. The Morgan fingerprint density at radius 3 is 2.55 bits per heavy atom. The second-order valence-corrected chi connectivity index (χ2v) is 2.49. The van der Waals surface area contributed by atoms with Crippen molar-refractivity contribution in [2.24, 2.45) is 4.99 Å².